The summed E-state index contributed by atoms with van der Waals surface area (Å²) >= 11 is 0. The molecule has 146 valence electrons. The summed E-state index contributed by atoms with van der Waals surface area (Å²) in [6.45, 7) is 6.03. The summed E-state index contributed by atoms with van der Waals surface area (Å²) in [7, 11) is 0. The Balaban J connectivity index is 1.66. The Labute approximate surface area is 163 Å². The van der Waals surface area contributed by atoms with Gasteiger partial charge in [0.2, 0.25) is 0 Å². The van der Waals surface area contributed by atoms with Crippen LogP contribution in [0.15, 0.2) is 46.9 Å². The van der Waals surface area contributed by atoms with Crippen molar-refractivity contribution in [2.45, 2.75) is 20.0 Å². The highest BCUT2D eigenvalue weighted by molar-refractivity contribution is 6.08. The van der Waals surface area contributed by atoms with Crippen molar-refractivity contribution in [2.24, 2.45) is 0 Å². The van der Waals surface area contributed by atoms with Crippen molar-refractivity contribution in [1.29, 1.82) is 0 Å². The van der Waals surface area contributed by atoms with Crippen molar-refractivity contribution in [3.8, 4) is 5.75 Å². The molecule has 28 heavy (non-hydrogen) atoms. The predicted octanol–water partition coefficient (Wildman–Crippen LogP) is 1.79. The van der Waals surface area contributed by atoms with E-state index in [0.717, 1.165) is 24.2 Å². The maximum atomic E-state index is 13.0. The normalized spacial score (nSPS) is 15.0. The smallest absolute Gasteiger partial charge is 0.255 e. The third-order valence-corrected chi connectivity index (χ3v) is 5.26. The van der Waals surface area contributed by atoms with Gasteiger partial charge < -0.3 is 24.5 Å². The minimum absolute atomic E-state index is 0.191. The summed E-state index contributed by atoms with van der Waals surface area (Å²) < 4.78 is 11.3. The van der Waals surface area contributed by atoms with E-state index in [9.17, 15) is 9.90 Å². The van der Waals surface area contributed by atoms with Crippen LogP contribution in [0.25, 0.3) is 11.0 Å². The second-order valence-electron chi connectivity index (χ2n) is 7.18. The van der Waals surface area contributed by atoms with Crippen LogP contribution in [0.3, 0.4) is 0 Å². The van der Waals surface area contributed by atoms with Crippen LogP contribution in [0.5, 0.6) is 5.75 Å². The molecule has 0 spiro atoms. The number of phenolic OH excluding ortho intramolecular Hbond substituents is 1. The molecule has 6 heteroatoms. The zero-order chi connectivity index (χ0) is 19.5. The number of furan rings is 1. The van der Waals surface area contributed by atoms with Crippen molar-refractivity contribution < 1.29 is 24.0 Å². The largest absolute Gasteiger partial charge is 0.507 e. The summed E-state index contributed by atoms with van der Waals surface area (Å²) in [5.74, 6) is 0.567. The molecule has 6 nitrogen and oxygen atoms in total. The lowest BCUT2D eigenvalue weighted by molar-refractivity contribution is -0.921. The number of rotatable bonds is 5. The molecule has 2 aromatic carbocycles. The first-order valence-electron chi connectivity index (χ1n) is 9.61. The second kappa shape index (κ2) is 8.04. The van der Waals surface area contributed by atoms with E-state index in [1.807, 2.05) is 30.3 Å². The average molecular weight is 381 g/mol. The molecule has 1 amide bonds. The Morgan fingerprint density at radius 1 is 1.14 bits per heavy atom. The zero-order valence-electron chi connectivity index (χ0n) is 16.0. The maximum Gasteiger partial charge on any atom is 0.255 e. The Morgan fingerprint density at radius 3 is 2.64 bits per heavy atom. The monoisotopic (exact) mass is 381 g/mol. The third-order valence-electron chi connectivity index (χ3n) is 5.26. The van der Waals surface area contributed by atoms with Gasteiger partial charge in [-0.05, 0) is 24.6 Å². The van der Waals surface area contributed by atoms with E-state index in [-0.39, 0.29) is 11.7 Å². The minimum atomic E-state index is -0.191. The molecule has 0 saturated carbocycles. The molecule has 1 aliphatic heterocycles. The highest BCUT2D eigenvalue weighted by Gasteiger charge is 2.25. The van der Waals surface area contributed by atoms with E-state index >= 15 is 0 Å². The summed E-state index contributed by atoms with van der Waals surface area (Å²) in [5, 5.41) is 14.2. The number of hydrogen-bond donors (Lipinski definition) is 3. The summed E-state index contributed by atoms with van der Waals surface area (Å²) in [5.41, 5.74) is 2.92. The molecule has 1 aliphatic rings. The van der Waals surface area contributed by atoms with Gasteiger partial charge in [0.1, 0.15) is 36.7 Å². The van der Waals surface area contributed by atoms with Gasteiger partial charge in [-0.15, -0.1) is 0 Å². The van der Waals surface area contributed by atoms with Gasteiger partial charge >= 0.3 is 0 Å². The number of amides is 1. The number of phenols is 1. The quantitative estimate of drug-likeness (QED) is 0.630. The van der Waals surface area contributed by atoms with E-state index < -0.39 is 0 Å². The number of ether oxygens (including phenoxy) is 1. The summed E-state index contributed by atoms with van der Waals surface area (Å²) in [4.78, 5) is 14.3. The SMILES string of the molecule is Cc1oc2ccc(O)c(C[NH+]3CCOCC3)c2c1C(=O)NCc1ccccc1. The molecular weight excluding hydrogens is 356 g/mol. The van der Waals surface area contributed by atoms with Gasteiger partial charge in [0.05, 0.1) is 24.3 Å². The highest BCUT2D eigenvalue weighted by Crippen LogP contribution is 2.33. The standard InChI is InChI=1S/C22H24N2O4/c1-15-20(22(26)23-13-16-5-3-2-4-6-16)21-17(14-24-9-11-27-12-10-24)18(25)7-8-19(21)28-15/h2-8,25H,9-14H2,1H3,(H,23,26)/p+1. The first-order valence-corrected chi connectivity index (χ1v) is 9.61. The van der Waals surface area contributed by atoms with E-state index in [2.05, 4.69) is 5.32 Å². The minimum Gasteiger partial charge on any atom is -0.507 e. The molecule has 0 unspecified atom stereocenters. The first kappa shape index (κ1) is 18.5. The van der Waals surface area contributed by atoms with Gasteiger partial charge in [-0.3, -0.25) is 4.79 Å². The van der Waals surface area contributed by atoms with Gasteiger partial charge in [0.15, 0.2) is 0 Å². The van der Waals surface area contributed by atoms with Gasteiger partial charge in [0, 0.05) is 11.9 Å². The molecule has 0 radical (unpaired) electrons. The van der Waals surface area contributed by atoms with Crippen LogP contribution in [0, 0.1) is 6.92 Å². The lowest BCUT2D eigenvalue weighted by Crippen LogP contribution is -3.12. The molecule has 2 heterocycles. The number of aromatic hydroxyl groups is 1. The summed E-state index contributed by atoms with van der Waals surface area (Å²) in [6.07, 6.45) is 0. The Bertz CT molecular complexity index is 975. The number of nitrogens with one attached hydrogen (secondary N) is 2. The molecule has 0 atom stereocenters. The van der Waals surface area contributed by atoms with E-state index in [1.54, 1.807) is 19.1 Å². The number of morpholine rings is 1. The molecule has 0 aliphatic carbocycles. The lowest BCUT2D eigenvalue weighted by Gasteiger charge is -2.24. The first-order chi connectivity index (χ1) is 13.6. The molecule has 1 saturated heterocycles. The maximum absolute atomic E-state index is 13.0. The van der Waals surface area contributed by atoms with Gasteiger partial charge in [0.25, 0.3) is 5.91 Å². The van der Waals surface area contributed by atoms with Crippen molar-refractivity contribution in [3.63, 3.8) is 0 Å². The summed E-state index contributed by atoms with van der Waals surface area (Å²) in [6, 6.07) is 13.2. The Morgan fingerprint density at radius 2 is 1.89 bits per heavy atom. The number of quaternary nitrogens is 1. The molecule has 1 fully saturated rings. The topological polar surface area (TPSA) is 76.1 Å². The number of hydrogen-bond acceptors (Lipinski definition) is 4. The van der Waals surface area contributed by atoms with E-state index in [1.165, 1.54) is 4.90 Å². The van der Waals surface area contributed by atoms with Crippen LogP contribution in [0.4, 0.5) is 0 Å². The Kier molecular flexibility index (Phi) is 5.32. The zero-order valence-corrected chi connectivity index (χ0v) is 16.0. The average Bonchev–Trinajstić information content (AvgIpc) is 3.06. The van der Waals surface area contributed by atoms with Crippen LogP contribution < -0.4 is 10.2 Å². The van der Waals surface area contributed by atoms with Crippen LogP contribution in [0.2, 0.25) is 0 Å². The molecular formula is C22H25N2O4+. The Hall–Kier alpha value is -2.83. The molecule has 3 aromatic rings. The van der Waals surface area contributed by atoms with Crippen molar-refractivity contribution in [3.05, 3.63) is 64.9 Å². The van der Waals surface area contributed by atoms with E-state index in [4.69, 9.17) is 9.15 Å². The van der Waals surface area contributed by atoms with Gasteiger partial charge in [-0.25, -0.2) is 0 Å². The predicted molar refractivity (Wildman–Crippen MR) is 105 cm³/mol. The number of fused-ring (bicyclic) bond motifs is 1. The van der Waals surface area contributed by atoms with Crippen molar-refractivity contribution in [1.82, 2.24) is 5.32 Å². The van der Waals surface area contributed by atoms with E-state index in [0.29, 0.717) is 48.6 Å². The fourth-order valence-electron chi connectivity index (χ4n) is 3.77. The number of carbonyl (C=O) groups excluding carboxylic acids is 1. The fourth-order valence-corrected chi connectivity index (χ4v) is 3.77. The molecule has 3 N–H and O–H groups in total. The third kappa shape index (κ3) is 3.74. The number of aryl methyl sites for hydroxylation is 1. The van der Waals surface area contributed by atoms with Crippen molar-refractivity contribution >= 4 is 16.9 Å². The number of carbonyl (C=O) groups is 1. The molecule has 4 rings (SSSR count). The van der Waals surface area contributed by atoms with Gasteiger partial charge in [-0.2, -0.15) is 0 Å². The van der Waals surface area contributed by atoms with Crippen LogP contribution >= 0.6 is 0 Å². The fraction of sp³-hybridized carbons (Fsp3) is 0.318. The van der Waals surface area contributed by atoms with Crippen molar-refractivity contribution in [2.75, 3.05) is 26.3 Å². The molecule has 0 bridgehead atoms. The molecule has 1 aromatic heterocycles. The highest BCUT2D eigenvalue weighted by atomic mass is 16.5. The van der Waals surface area contributed by atoms with Gasteiger partial charge in [-0.1, -0.05) is 30.3 Å². The second-order valence-corrected chi connectivity index (χ2v) is 7.18. The van der Waals surface area contributed by atoms with Crippen LogP contribution in [0.1, 0.15) is 27.2 Å². The number of benzene rings is 2. The lowest BCUT2D eigenvalue weighted by atomic mass is 10.0. The van der Waals surface area contributed by atoms with Crippen LogP contribution in [-0.4, -0.2) is 37.3 Å². The van der Waals surface area contributed by atoms with Crippen LogP contribution in [-0.2, 0) is 17.8 Å².